The van der Waals surface area contributed by atoms with Gasteiger partial charge in [0.2, 0.25) is 0 Å². The second kappa shape index (κ2) is 12.5. The zero-order chi connectivity index (χ0) is 31.4. The number of nitrogens with zero attached hydrogens (tertiary/aromatic N) is 4. The van der Waals surface area contributed by atoms with Gasteiger partial charge in [-0.15, -0.1) is 33.5 Å². The first-order valence-electron chi connectivity index (χ1n) is 14.9. The molecule has 8 bridgehead atoms. The van der Waals surface area contributed by atoms with Gasteiger partial charge < -0.3 is 30.1 Å². The Kier molecular flexibility index (Phi) is 9.03. The summed E-state index contributed by atoms with van der Waals surface area (Å²) in [6.45, 7) is 11.8. The van der Waals surface area contributed by atoms with Gasteiger partial charge in [-0.1, -0.05) is 73.0 Å². The van der Waals surface area contributed by atoms with Gasteiger partial charge in [0.05, 0.1) is 7.11 Å². The number of hydrogen-bond donors (Lipinski definition) is 1. The number of carbonyl (C=O) groups is 3. The number of ketones is 1. The Balaban J connectivity index is 0.00000400. The summed E-state index contributed by atoms with van der Waals surface area (Å²) in [6, 6.07) is -0.561. The minimum absolute atomic E-state index is 0. The second-order valence-corrected chi connectivity index (χ2v) is 11.6. The van der Waals surface area contributed by atoms with Gasteiger partial charge in [-0.3, -0.25) is 9.59 Å². The average Bonchev–Trinajstić information content (AvgIpc) is 3.76. The minimum atomic E-state index is -0.723. The molecule has 1 aliphatic carbocycles. The van der Waals surface area contributed by atoms with E-state index in [2.05, 4.69) is 13.5 Å². The van der Waals surface area contributed by atoms with Gasteiger partial charge in [-0.25, -0.2) is 4.79 Å². The predicted octanol–water partition coefficient (Wildman–Crippen LogP) is 2.73. The van der Waals surface area contributed by atoms with Crippen molar-refractivity contribution in [2.45, 2.75) is 53.0 Å². The number of rotatable bonds is 7. The van der Waals surface area contributed by atoms with Gasteiger partial charge in [0.25, 0.3) is 0 Å². The summed E-state index contributed by atoms with van der Waals surface area (Å²) in [6.07, 6.45) is 9.86. The molecule has 1 unspecified atom stereocenters. The number of aldehydes is 1. The molecular weight excluding hydrogens is 581 g/mol. The summed E-state index contributed by atoms with van der Waals surface area (Å²) in [5, 5.41) is 16.0. The van der Waals surface area contributed by atoms with E-state index in [1.807, 2.05) is 26.0 Å². The third-order valence-electron chi connectivity index (χ3n) is 9.35. The van der Waals surface area contributed by atoms with Crippen LogP contribution in [0.25, 0.3) is 35.2 Å². The smallest absolute Gasteiger partial charge is 0.681 e. The number of allylic oxidation sites excluding steroid dienone is 1. The van der Waals surface area contributed by atoms with Gasteiger partial charge >= 0.3 is 29.0 Å². The molecule has 1 fully saturated rings. The quantitative estimate of drug-likeness (QED) is 0.186. The van der Waals surface area contributed by atoms with E-state index in [9.17, 15) is 19.5 Å². The maximum atomic E-state index is 13.9. The zero-order valence-corrected chi connectivity index (χ0v) is 27.6. The molecule has 1 saturated heterocycles. The third kappa shape index (κ3) is 4.99. The molecule has 2 aliphatic heterocycles. The maximum absolute atomic E-state index is 13.9. The number of aliphatic hydroxyl groups is 1. The molecule has 3 atom stereocenters. The Bertz CT molecular complexity index is 1940. The summed E-state index contributed by atoms with van der Waals surface area (Å²) in [5.41, 5.74) is 7.49. The number of Topliss-reactive ketones (excluding diaryl/α,β-unsaturated/α-hetero) is 1. The minimum Gasteiger partial charge on any atom is -0.681 e. The average molecular weight is 615 g/mol. The number of aliphatic hydroxyl groups excluding tert-OH is 1. The fourth-order valence-electron chi connectivity index (χ4n) is 6.98. The summed E-state index contributed by atoms with van der Waals surface area (Å²) >= 11 is 0. The van der Waals surface area contributed by atoms with Crippen molar-refractivity contribution in [1.82, 2.24) is 15.0 Å². The van der Waals surface area contributed by atoms with E-state index < -0.39 is 17.8 Å². The van der Waals surface area contributed by atoms with Crippen LogP contribution in [0, 0.1) is 25.7 Å². The number of hydrogen-bond acceptors (Lipinski definition) is 5. The van der Waals surface area contributed by atoms with Crippen LogP contribution in [-0.2, 0) is 16.0 Å². The molecule has 10 heteroatoms. The molecule has 5 heterocycles. The van der Waals surface area contributed by atoms with Crippen molar-refractivity contribution in [2.75, 3.05) is 13.7 Å². The van der Waals surface area contributed by atoms with Crippen molar-refractivity contribution < 1.29 is 24.2 Å². The Morgan fingerprint density at radius 2 is 1.76 bits per heavy atom. The van der Waals surface area contributed by atoms with Crippen molar-refractivity contribution in [2.24, 2.45) is 11.8 Å². The summed E-state index contributed by atoms with van der Waals surface area (Å²) in [5.74, 6) is -1.34. The fraction of sp³-hybridized carbons (Fsp3) is 0.343. The van der Waals surface area contributed by atoms with E-state index in [1.165, 1.54) is 7.11 Å². The largest absolute Gasteiger partial charge is 2.00 e. The summed E-state index contributed by atoms with van der Waals surface area (Å²) in [4.78, 5) is 54.2. The summed E-state index contributed by atoms with van der Waals surface area (Å²) < 4.78 is 5.11. The monoisotopic (exact) mass is 614 g/mol. The Labute approximate surface area is 277 Å². The van der Waals surface area contributed by atoms with E-state index in [-0.39, 0.29) is 47.1 Å². The normalized spacial score (nSPS) is 22.4. The SMILES string of the molecule is C=Cc1c2[n-]c(c1C)/C=C1\[N-]C(C3=C(C(=O)OC)C(=O)c4c3[n-]c(c4C)/C=c3\[n-]/c(c(C=O)c3CC)=C\2)[C@@H](CCCO)[C@@H]1C.[Mg+2]. The first kappa shape index (κ1) is 32.5. The van der Waals surface area contributed by atoms with Crippen LogP contribution in [0.5, 0.6) is 0 Å². The number of fused-ring (bicyclic) bond motifs is 8. The van der Waals surface area contributed by atoms with Crippen molar-refractivity contribution >= 4 is 71.0 Å². The van der Waals surface area contributed by atoms with Crippen molar-refractivity contribution in [3.05, 3.63) is 90.0 Å². The van der Waals surface area contributed by atoms with Gasteiger partial charge in [0.15, 0.2) is 5.78 Å². The predicted molar refractivity (Wildman–Crippen MR) is 173 cm³/mol. The molecule has 0 radical (unpaired) electrons. The van der Waals surface area contributed by atoms with Gasteiger partial charge in [0, 0.05) is 17.7 Å². The molecule has 0 spiro atoms. The molecule has 0 saturated carbocycles. The Hall–Kier alpha value is -3.86. The van der Waals surface area contributed by atoms with Crippen LogP contribution in [0.3, 0.4) is 0 Å². The first-order chi connectivity index (χ1) is 21.2. The van der Waals surface area contributed by atoms with Crippen LogP contribution in [0.2, 0.25) is 0 Å². The summed E-state index contributed by atoms with van der Waals surface area (Å²) in [7, 11) is 1.26. The molecule has 228 valence electrons. The van der Waals surface area contributed by atoms with Crippen LogP contribution < -0.4 is 25.7 Å². The molecule has 0 aromatic carbocycles. The Morgan fingerprint density at radius 3 is 2.40 bits per heavy atom. The van der Waals surface area contributed by atoms with Crippen LogP contribution >= 0.6 is 0 Å². The molecule has 3 aromatic rings. The van der Waals surface area contributed by atoms with Crippen LogP contribution in [-0.4, -0.2) is 66.0 Å². The molecule has 0 amide bonds. The van der Waals surface area contributed by atoms with Crippen LogP contribution in [0.1, 0.15) is 92.4 Å². The van der Waals surface area contributed by atoms with E-state index in [0.717, 1.165) is 28.7 Å². The maximum Gasteiger partial charge on any atom is 2.00 e. The number of carbonyl (C=O) groups excluding carboxylic acids is 3. The zero-order valence-electron chi connectivity index (χ0n) is 26.2. The fourth-order valence-corrected chi connectivity index (χ4v) is 6.98. The number of ether oxygens (including phenoxy) is 1. The van der Waals surface area contributed by atoms with Crippen LogP contribution in [0.4, 0.5) is 0 Å². The van der Waals surface area contributed by atoms with Crippen molar-refractivity contribution in [1.29, 1.82) is 0 Å². The van der Waals surface area contributed by atoms with Gasteiger partial charge in [-0.2, -0.15) is 5.70 Å². The second-order valence-electron chi connectivity index (χ2n) is 11.6. The molecule has 3 aliphatic rings. The molecule has 9 nitrogen and oxygen atoms in total. The van der Waals surface area contributed by atoms with E-state index in [4.69, 9.17) is 25.0 Å². The van der Waals surface area contributed by atoms with Gasteiger partial charge in [-0.05, 0) is 50.5 Å². The number of methoxy groups -OCH3 is 1. The number of aromatic nitrogens is 3. The van der Waals surface area contributed by atoms with E-state index in [0.29, 0.717) is 75.0 Å². The van der Waals surface area contributed by atoms with E-state index in [1.54, 1.807) is 19.1 Å². The molecule has 45 heavy (non-hydrogen) atoms. The molecular formula is C35H34MgN4O5-2. The Morgan fingerprint density at radius 1 is 1.04 bits per heavy atom. The van der Waals surface area contributed by atoms with Crippen molar-refractivity contribution in [3.8, 4) is 0 Å². The third-order valence-corrected chi connectivity index (χ3v) is 9.35. The molecule has 1 N–H and O–H groups in total. The number of esters is 1. The van der Waals surface area contributed by atoms with Gasteiger partial charge in [0.1, 0.15) is 11.9 Å². The molecule has 3 aromatic heterocycles. The van der Waals surface area contributed by atoms with E-state index >= 15 is 0 Å². The van der Waals surface area contributed by atoms with Crippen LogP contribution in [0.15, 0.2) is 17.8 Å². The standard InChI is InChI=1S/C35H36N4O5.Mg/c1-7-19-16(3)23-12-24-17(4)21(10-9-11-40)32(38-24)30-31(35(43)44-6)34(42)29-18(5)25(39-33(29)30)13-27-20(8-2)22(15-41)28(37-27)14-26(19)36-23;/h7,12-15,17,21,32,40H,1,8-11H2,2-6H3,(H2-2,36,37,38,39,41,42,43);/q-2;+2/p-2/t17-,21-,32?;/m0./s1. The van der Waals surface area contributed by atoms with Crippen molar-refractivity contribution in [3.63, 3.8) is 0 Å². The molecule has 6 rings (SSSR count). The topological polar surface area (TPSA) is 137 Å². The first-order valence-corrected chi connectivity index (χ1v) is 14.9.